The van der Waals surface area contributed by atoms with Gasteiger partial charge in [0.05, 0.1) is 24.9 Å². The first-order valence-corrected chi connectivity index (χ1v) is 8.03. The molecule has 0 atom stereocenters. The number of allylic oxidation sites excluding steroid dienone is 1. The molecule has 0 aliphatic heterocycles. The van der Waals surface area contributed by atoms with Gasteiger partial charge in [0.25, 0.3) is 0 Å². The Labute approximate surface area is 138 Å². The summed E-state index contributed by atoms with van der Waals surface area (Å²) in [4.78, 5) is 5.90. The molecule has 0 aliphatic carbocycles. The minimum Gasteiger partial charge on any atom is -0.496 e. The first-order chi connectivity index (χ1) is 11.2. The molecule has 23 heavy (non-hydrogen) atoms. The minimum absolute atomic E-state index is 0.597. The first kappa shape index (κ1) is 15.4. The van der Waals surface area contributed by atoms with E-state index in [1.165, 1.54) is 4.80 Å². The number of ether oxygens (including phenoxy) is 1. The fraction of sp³-hybridized carbons (Fsp3) is 0.250. The van der Waals surface area contributed by atoms with Gasteiger partial charge in [-0.3, -0.25) is 0 Å². The normalized spacial score (nSPS) is 11.3. The predicted molar refractivity (Wildman–Crippen MR) is 90.4 cm³/mol. The highest BCUT2D eigenvalue weighted by molar-refractivity contribution is 7.09. The second-order valence-corrected chi connectivity index (χ2v) is 6.09. The molecular formula is C16H17N5OS. The number of benzene rings is 1. The Morgan fingerprint density at radius 3 is 2.87 bits per heavy atom. The maximum atomic E-state index is 5.42. The van der Waals surface area contributed by atoms with E-state index in [2.05, 4.69) is 31.9 Å². The second kappa shape index (κ2) is 6.70. The van der Waals surface area contributed by atoms with Crippen molar-refractivity contribution in [3.63, 3.8) is 0 Å². The number of nitrogens with zero attached hydrogens (tertiary/aromatic N) is 5. The molecular weight excluding hydrogens is 310 g/mol. The van der Waals surface area contributed by atoms with Crippen LogP contribution < -0.4 is 4.74 Å². The predicted octanol–water partition coefficient (Wildman–Crippen LogP) is 2.91. The van der Waals surface area contributed by atoms with E-state index in [1.54, 1.807) is 25.5 Å². The largest absolute Gasteiger partial charge is 0.496 e. The molecule has 0 amide bonds. The van der Waals surface area contributed by atoms with E-state index in [9.17, 15) is 0 Å². The van der Waals surface area contributed by atoms with Gasteiger partial charge in [-0.05, 0) is 30.3 Å². The number of methoxy groups -OCH3 is 1. The maximum absolute atomic E-state index is 5.42. The monoisotopic (exact) mass is 327 g/mol. The third-order valence-corrected chi connectivity index (χ3v) is 4.11. The highest BCUT2D eigenvalue weighted by Gasteiger charge is 2.08. The number of hydrogen-bond acceptors (Lipinski definition) is 6. The summed E-state index contributed by atoms with van der Waals surface area (Å²) in [6, 6.07) is 5.84. The second-order valence-electron chi connectivity index (χ2n) is 5.02. The van der Waals surface area contributed by atoms with Crippen LogP contribution in [0.2, 0.25) is 0 Å². The smallest absolute Gasteiger partial charge is 0.204 e. The minimum atomic E-state index is 0.597. The van der Waals surface area contributed by atoms with Crippen molar-refractivity contribution in [3.8, 4) is 17.1 Å². The van der Waals surface area contributed by atoms with E-state index in [0.717, 1.165) is 34.0 Å². The molecule has 3 rings (SSSR count). The van der Waals surface area contributed by atoms with Crippen molar-refractivity contribution < 1.29 is 4.74 Å². The summed E-state index contributed by atoms with van der Waals surface area (Å²) in [7, 11) is 3.41. The van der Waals surface area contributed by atoms with Gasteiger partial charge in [-0.2, -0.15) is 4.80 Å². The number of thiazole rings is 1. The van der Waals surface area contributed by atoms with Crippen LogP contribution in [0.5, 0.6) is 5.75 Å². The molecule has 1 aromatic carbocycles. The van der Waals surface area contributed by atoms with Crippen LogP contribution >= 0.6 is 11.3 Å². The molecule has 2 aromatic heterocycles. The summed E-state index contributed by atoms with van der Waals surface area (Å²) in [5.41, 5.74) is 2.96. The third kappa shape index (κ3) is 3.62. The van der Waals surface area contributed by atoms with Crippen molar-refractivity contribution in [1.82, 2.24) is 25.2 Å². The molecule has 0 aliphatic rings. The van der Waals surface area contributed by atoms with Crippen LogP contribution in [0.4, 0.5) is 0 Å². The molecule has 118 valence electrons. The topological polar surface area (TPSA) is 65.7 Å². The molecule has 0 N–H and O–H groups in total. The van der Waals surface area contributed by atoms with E-state index in [-0.39, 0.29) is 0 Å². The Morgan fingerprint density at radius 2 is 2.22 bits per heavy atom. The van der Waals surface area contributed by atoms with Gasteiger partial charge in [0.1, 0.15) is 5.75 Å². The highest BCUT2D eigenvalue weighted by Crippen LogP contribution is 2.25. The van der Waals surface area contributed by atoms with Crippen LogP contribution in [0, 0.1) is 6.92 Å². The Bertz CT molecular complexity index is 837. The van der Waals surface area contributed by atoms with Gasteiger partial charge in [-0.25, -0.2) is 4.98 Å². The van der Waals surface area contributed by atoms with Gasteiger partial charge in [0.2, 0.25) is 5.82 Å². The van der Waals surface area contributed by atoms with Crippen LogP contribution in [-0.2, 0) is 13.5 Å². The van der Waals surface area contributed by atoms with Crippen molar-refractivity contribution in [3.05, 3.63) is 45.9 Å². The molecule has 0 spiro atoms. The lowest BCUT2D eigenvalue weighted by atomic mass is 10.1. The molecule has 7 heteroatoms. The zero-order valence-electron chi connectivity index (χ0n) is 13.2. The molecule has 0 saturated carbocycles. The lowest BCUT2D eigenvalue weighted by Crippen LogP contribution is -1.92. The van der Waals surface area contributed by atoms with E-state index in [1.807, 2.05) is 31.2 Å². The molecule has 6 nitrogen and oxygen atoms in total. The molecule has 0 fully saturated rings. The van der Waals surface area contributed by atoms with E-state index in [0.29, 0.717) is 5.82 Å². The number of tetrazole rings is 1. The average molecular weight is 327 g/mol. The van der Waals surface area contributed by atoms with E-state index in [4.69, 9.17) is 4.74 Å². The SMILES string of the molecule is COc1ccc(-c2nnn(C)n2)cc1/C=C/Cc1csc(C)n1. The highest BCUT2D eigenvalue weighted by atomic mass is 32.1. The van der Waals surface area contributed by atoms with E-state index < -0.39 is 0 Å². The zero-order chi connectivity index (χ0) is 16.2. The Kier molecular flexibility index (Phi) is 4.47. The van der Waals surface area contributed by atoms with Gasteiger partial charge >= 0.3 is 0 Å². The number of aromatic nitrogens is 5. The first-order valence-electron chi connectivity index (χ1n) is 7.15. The third-order valence-electron chi connectivity index (χ3n) is 3.29. The summed E-state index contributed by atoms with van der Waals surface area (Å²) < 4.78 is 5.42. The van der Waals surface area contributed by atoms with Gasteiger partial charge < -0.3 is 4.74 Å². The maximum Gasteiger partial charge on any atom is 0.204 e. The van der Waals surface area contributed by atoms with Crippen molar-refractivity contribution in [2.45, 2.75) is 13.3 Å². The molecule has 0 unspecified atom stereocenters. The van der Waals surface area contributed by atoms with Crippen LogP contribution in [-0.4, -0.2) is 32.3 Å². The average Bonchev–Trinajstić information content (AvgIpc) is 3.16. The zero-order valence-corrected chi connectivity index (χ0v) is 14.0. The van der Waals surface area contributed by atoms with Crippen molar-refractivity contribution >= 4 is 17.4 Å². The lowest BCUT2D eigenvalue weighted by Gasteiger charge is -2.06. The van der Waals surface area contributed by atoms with Crippen LogP contribution in [0.15, 0.2) is 29.7 Å². The lowest BCUT2D eigenvalue weighted by molar-refractivity contribution is 0.414. The summed E-state index contributed by atoms with van der Waals surface area (Å²) >= 11 is 1.66. The van der Waals surface area contributed by atoms with Gasteiger partial charge in [0.15, 0.2) is 0 Å². The molecule has 3 aromatic rings. The summed E-state index contributed by atoms with van der Waals surface area (Å²) in [5.74, 6) is 1.41. The Balaban J connectivity index is 1.84. The fourth-order valence-electron chi connectivity index (χ4n) is 2.21. The molecule has 2 heterocycles. The van der Waals surface area contributed by atoms with Crippen molar-refractivity contribution in [1.29, 1.82) is 0 Å². The summed E-state index contributed by atoms with van der Waals surface area (Å²) in [6.07, 6.45) is 4.91. The molecule has 0 radical (unpaired) electrons. The number of hydrogen-bond donors (Lipinski definition) is 0. The van der Waals surface area contributed by atoms with Gasteiger partial charge in [-0.1, -0.05) is 12.2 Å². The molecule has 0 bridgehead atoms. The summed E-state index contributed by atoms with van der Waals surface area (Å²) in [6.45, 7) is 2.01. The standard InChI is InChI=1S/C16H17N5OS/c1-11-17-14(10-23-11)6-4-5-12-9-13(7-8-15(12)22-3)16-18-20-21(2)19-16/h4-5,7-10H,6H2,1-3H3/b5-4+. The fourth-order valence-corrected chi connectivity index (χ4v) is 2.84. The molecule has 0 saturated heterocycles. The van der Waals surface area contributed by atoms with Crippen molar-refractivity contribution in [2.75, 3.05) is 7.11 Å². The van der Waals surface area contributed by atoms with Gasteiger partial charge in [-0.15, -0.1) is 21.5 Å². The van der Waals surface area contributed by atoms with E-state index >= 15 is 0 Å². The van der Waals surface area contributed by atoms with Crippen LogP contribution in [0.1, 0.15) is 16.3 Å². The Hall–Kier alpha value is -2.54. The number of aryl methyl sites for hydroxylation is 2. The van der Waals surface area contributed by atoms with Gasteiger partial charge in [0, 0.05) is 22.9 Å². The van der Waals surface area contributed by atoms with Crippen molar-refractivity contribution in [2.24, 2.45) is 7.05 Å². The van der Waals surface area contributed by atoms with Crippen LogP contribution in [0.25, 0.3) is 17.5 Å². The summed E-state index contributed by atoms with van der Waals surface area (Å²) in [5, 5.41) is 15.3. The Morgan fingerprint density at radius 1 is 1.35 bits per heavy atom. The van der Waals surface area contributed by atoms with Crippen LogP contribution in [0.3, 0.4) is 0 Å². The number of rotatable bonds is 5. The quantitative estimate of drug-likeness (QED) is 0.721.